The van der Waals surface area contributed by atoms with Crippen LogP contribution in [0.15, 0.2) is 24.8 Å². The summed E-state index contributed by atoms with van der Waals surface area (Å²) in [4.78, 5) is 11.8. The quantitative estimate of drug-likeness (QED) is 0.816. The lowest BCUT2D eigenvalue weighted by molar-refractivity contribution is -0.113. The second-order valence-electron chi connectivity index (χ2n) is 4.19. The molecular formula is C13H16ClNO4S. The molecule has 0 radical (unpaired) electrons. The van der Waals surface area contributed by atoms with Gasteiger partial charge in [-0.2, -0.15) is 0 Å². The van der Waals surface area contributed by atoms with E-state index in [1.165, 1.54) is 13.2 Å². The van der Waals surface area contributed by atoms with E-state index < -0.39 is 21.5 Å². The van der Waals surface area contributed by atoms with E-state index in [1.54, 1.807) is 19.1 Å². The number of ether oxygens (including phenoxy) is 1. The molecule has 0 aromatic heterocycles. The van der Waals surface area contributed by atoms with Gasteiger partial charge in [0.2, 0.25) is 5.91 Å². The van der Waals surface area contributed by atoms with Crippen LogP contribution in [0.25, 0.3) is 0 Å². The van der Waals surface area contributed by atoms with Gasteiger partial charge in [-0.1, -0.05) is 17.7 Å². The van der Waals surface area contributed by atoms with E-state index in [0.717, 1.165) is 5.56 Å². The molecule has 0 saturated carbocycles. The number of hydrogen-bond acceptors (Lipinski definition) is 4. The van der Waals surface area contributed by atoms with Crippen molar-refractivity contribution in [2.75, 3.05) is 23.9 Å². The Kier molecular flexibility index (Phi) is 5.59. The maximum Gasteiger partial charge on any atom is 0.239 e. The predicted octanol–water partition coefficient (Wildman–Crippen LogP) is 2.20. The van der Waals surface area contributed by atoms with Crippen LogP contribution in [0, 0.1) is 6.92 Å². The molecule has 1 aromatic rings. The predicted molar refractivity (Wildman–Crippen MR) is 80.2 cm³/mol. The zero-order chi connectivity index (χ0) is 15.3. The average Bonchev–Trinajstić information content (AvgIpc) is 2.32. The van der Waals surface area contributed by atoms with Crippen molar-refractivity contribution in [3.8, 4) is 5.75 Å². The third-order valence-electron chi connectivity index (χ3n) is 2.48. The van der Waals surface area contributed by atoms with Gasteiger partial charge in [-0.05, 0) is 18.6 Å². The third-order valence-corrected chi connectivity index (χ3v) is 4.33. The number of rotatable bonds is 6. The molecule has 0 spiro atoms. The minimum Gasteiger partial charge on any atom is -0.495 e. The maximum atomic E-state index is 11.8. The largest absolute Gasteiger partial charge is 0.495 e. The van der Waals surface area contributed by atoms with E-state index in [0.29, 0.717) is 16.5 Å². The summed E-state index contributed by atoms with van der Waals surface area (Å²) in [7, 11) is -2.05. The van der Waals surface area contributed by atoms with E-state index >= 15 is 0 Å². The monoisotopic (exact) mass is 317 g/mol. The number of hydrogen-bond donors (Lipinski definition) is 1. The molecule has 0 aliphatic carbocycles. The summed E-state index contributed by atoms with van der Waals surface area (Å²) >= 11 is 5.95. The highest BCUT2D eigenvalue weighted by molar-refractivity contribution is 7.92. The molecule has 0 unspecified atom stereocenters. The van der Waals surface area contributed by atoms with Crippen LogP contribution >= 0.6 is 11.6 Å². The van der Waals surface area contributed by atoms with E-state index in [4.69, 9.17) is 16.3 Å². The molecule has 110 valence electrons. The molecular weight excluding hydrogens is 302 g/mol. The van der Waals surface area contributed by atoms with Crippen molar-refractivity contribution in [2.45, 2.75) is 6.92 Å². The highest BCUT2D eigenvalue weighted by Gasteiger charge is 2.17. The first-order chi connectivity index (χ1) is 9.29. The van der Waals surface area contributed by atoms with Crippen molar-refractivity contribution in [3.05, 3.63) is 35.4 Å². The summed E-state index contributed by atoms with van der Waals surface area (Å²) in [6.45, 7) is 5.11. The highest BCUT2D eigenvalue weighted by Crippen LogP contribution is 2.30. The number of nitrogens with one attached hydrogen (secondary N) is 1. The molecule has 0 saturated heterocycles. The number of sulfone groups is 1. The molecule has 5 nitrogen and oxygen atoms in total. The normalized spacial score (nSPS) is 10.9. The zero-order valence-electron chi connectivity index (χ0n) is 11.3. The second kappa shape index (κ2) is 6.76. The van der Waals surface area contributed by atoms with Gasteiger partial charge in [0.25, 0.3) is 0 Å². The van der Waals surface area contributed by atoms with Crippen LogP contribution in [0.3, 0.4) is 0 Å². The molecule has 0 atom stereocenters. The van der Waals surface area contributed by atoms with Gasteiger partial charge in [-0.15, -0.1) is 6.58 Å². The number of carbonyl (C=O) groups is 1. The van der Waals surface area contributed by atoms with E-state index in [2.05, 4.69) is 11.9 Å². The molecule has 0 fully saturated rings. The minimum atomic E-state index is -3.49. The van der Waals surface area contributed by atoms with E-state index in [9.17, 15) is 13.2 Å². The van der Waals surface area contributed by atoms with Gasteiger partial charge in [-0.3, -0.25) is 4.79 Å². The Bertz CT molecular complexity index is 626. The summed E-state index contributed by atoms with van der Waals surface area (Å²) in [5.74, 6) is -1.11. The number of halogens is 1. The molecule has 0 aliphatic heterocycles. The fourth-order valence-corrected chi connectivity index (χ4v) is 2.66. The Morgan fingerprint density at radius 3 is 2.70 bits per heavy atom. The van der Waals surface area contributed by atoms with Gasteiger partial charge in [0.05, 0.1) is 18.6 Å². The standard InChI is InChI=1S/C13H16ClNO4S/c1-4-5-20(17,18)8-13(16)15-11-6-9(2)10(14)7-12(11)19-3/h4,6-7H,1,5,8H2,2-3H3,(H,15,16). The molecule has 1 aromatic carbocycles. The van der Waals surface area contributed by atoms with Crippen LogP contribution in [0.4, 0.5) is 5.69 Å². The number of benzene rings is 1. The summed E-state index contributed by atoms with van der Waals surface area (Å²) < 4.78 is 28.1. The minimum absolute atomic E-state index is 0.239. The Hall–Kier alpha value is -1.53. The van der Waals surface area contributed by atoms with Crippen molar-refractivity contribution < 1.29 is 17.9 Å². The second-order valence-corrected chi connectivity index (χ2v) is 6.71. The topological polar surface area (TPSA) is 72.5 Å². The number of aryl methyl sites for hydroxylation is 1. The highest BCUT2D eigenvalue weighted by atomic mass is 35.5. The van der Waals surface area contributed by atoms with Crippen molar-refractivity contribution in [2.24, 2.45) is 0 Å². The first-order valence-electron chi connectivity index (χ1n) is 5.74. The van der Waals surface area contributed by atoms with Crippen molar-refractivity contribution in [1.29, 1.82) is 0 Å². The Morgan fingerprint density at radius 2 is 2.15 bits per heavy atom. The molecule has 0 aliphatic rings. The number of methoxy groups -OCH3 is 1. The van der Waals surface area contributed by atoms with E-state index in [-0.39, 0.29) is 5.75 Å². The molecule has 1 N–H and O–H groups in total. The maximum absolute atomic E-state index is 11.8. The van der Waals surface area contributed by atoms with E-state index in [1.807, 2.05) is 0 Å². The summed E-state index contributed by atoms with van der Waals surface area (Å²) in [6, 6.07) is 3.18. The van der Waals surface area contributed by atoms with Gasteiger partial charge < -0.3 is 10.1 Å². The van der Waals surface area contributed by atoms with Crippen LogP contribution in [-0.4, -0.2) is 32.9 Å². The van der Waals surface area contributed by atoms with Crippen LogP contribution in [0.1, 0.15) is 5.56 Å². The van der Waals surface area contributed by atoms with Crippen molar-refractivity contribution >= 4 is 33.0 Å². The number of amides is 1. The van der Waals surface area contributed by atoms with Crippen molar-refractivity contribution in [3.63, 3.8) is 0 Å². The van der Waals surface area contributed by atoms with Gasteiger partial charge in [-0.25, -0.2) is 8.42 Å². The SMILES string of the molecule is C=CCS(=O)(=O)CC(=O)Nc1cc(C)c(Cl)cc1OC. The molecule has 1 amide bonds. The third kappa shape index (κ3) is 4.54. The zero-order valence-corrected chi connectivity index (χ0v) is 12.8. The first kappa shape index (κ1) is 16.5. The molecule has 20 heavy (non-hydrogen) atoms. The fourth-order valence-electron chi connectivity index (χ4n) is 1.55. The Labute approximate surface area is 123 Å². The Morgan fingerprint density at radius 1 is 1.50 bits per heavy atom. The molecule has 0 bridgehead atoms. The van der Waals surface area contributed by atoms with Crippen molar-refractivity contribution in [1.82, 2.24) is 0 Å². The smallest absolute Gasteiger partial charge is 0.239 e. The molecule has 7 heteroatoms. The first-order valence-corrected chi connectivity index (χ1v) is 7.94. The van der Waals surface area contributed by atoms with Gasteiger partial charge in [0, 0.05) is 11.1 Å². The molecule has 1 rings (SSSR count). The lowest BCUT2D eigenvalue weighted by Gasteiger charge is -2.12. The van der Waals surface area contributed by atoms with Gasteiger partial charge in [0.15, 0.2) is 9.84 Å². The van der Waals surface area contributed by atoms with Crippen LogP contribution < -0.4 is 10.1 Å². The summed E-state index contributed by atoms with van der Waals surface area (Å²) in [6.07, 6.45) is 1.25. The average molecular weight is 318 g/mol. The van der Waals surface area contributed by atoms with Gasteiger partial charge >= 0.3 is 0 Å². The summed E-state index contributed by atoms with van der Waals surface area (Å²) in [5, 5.41) is 3.01. The fraction of sp³-hybridized carbons (Fsp3) is 0.308. The number of carbonyl (C=O) groups excluding carboxylic acids is 1. The number of anilines is 1. The van der Waals surface area contributed by atoms with Crippen LogP contribution in [0.5, 0.6) is 5.75 Å². The Balaban J connectivity index is 2.91. The van der Waals surface area contributed by atoms with Crippen LogP contribution in [-0.2, 0) is 14.6 Å². The summed E-state index contributed by atoms with van der Waals surface area (Å²) in [5.41, 5.74) is 1.13. The molecule has 0 heterocycles. The van der Waals surface area contributed by atoms with Gasteiger partial charge in [0.1, 0.15) is 11.5 Å². The van der Waals surface area contributed by atoms with Crippen LogP contribution in [0.2, 0.25) is 5.02 Å². The lowest BCUT2D eigenvalue weighted by atomic mass is 10.2. The lowest BCUT2D eigenvalue weighted by Crippen LogP contribution is -2.24.